The van der Waals surface area contributed by atoms with Crippen molar-refractivity contribution >= 4 is 23.3 Å². The Hall–Kier alpha value is -4.64. The van der Waals surface area contributed by atoms with Crippen molar-refractivity contribution in [3.8, 4) is 22.4 Å². The van der Waals surface area contributed by atoms with E-state index in [0.717, 1.165) is 22.4 Å². The van der Waals surface area contributed by atoms with Crippen molar-refractivity contribution in [1.29, 1.82) is 0 Å². The smallest absolute Gasteiger partial charge is 0.318 e. The Morgan fingerprint density at radius 3 is 2.49 bits per heavy atom. The molecule has 4 aromatic heterocycles. The van der Waals surface area contributed by atoms with Crippen molar-refractivity contribution in [2.75, 3.05) is 23.7 Å². The Balaban J connectivity index is 1.32. The number of Topliss-reactive ketones (excluding diaryl/α,β-unsaturated/α-hetero) is 1. The topological polar surface area (TPSA) is 149 Å². The van der Waals surface area contributed by atoms with E-state index in [-0.39, 0.29) is 23.4 Å². The Labute approximate surface area is 224 Å². The Kier molecular flexibility index (Phi) is 6.27. The van der Waals surface area contributed by atoms with E-state index in [1.807, 2.05) is 47.4 Å². The third-order valence-corrected chi connectivity index (χ3v) is 7.15. The molecule has 11 heteroatoms. The zero-order valence-corrected chi connectivity index (χ0v) is 21.7. The van der Waals surface area contributed by atoms with Crippen LogP contribution in [-0.4, -0.2) is 53.8 Å². The van der Waals surface area contributed by atoms with Crippen LogP contribution >= 0.6 is 0 Å². The van der Waals surface area contributed by atoms with Gasteiger partial charge in [0.2, 0.25) is 5.89 Å². The number of aliphatic hydroxyl groups is 1. The first-order valence-corrected chi connectivity index (χ1v) is 12.9. The summed E-state index contributed by atoms with van der Waals surface area (Å²) in [5.41, 5.74) is 11.8. The molecule has 5 heterocycles. The van der Waals surface area contributed by atoms with Crippen LogP contribution in [-0.2, 0) is 0 Å². The molecule has 1 atom stereocenters. The van der Waals surface area contributed by atoms with E-state index in [1.165, 1.54) is 11.4 Å². The standard InChI is InChI=1S/C28H28N8O3/c1-16(37)23-24(19-10-12-35(13-11-19)28-34-33-27(39-28)17(2)38)32-26-21(15-31-36(26)25(23)29)20-8-9-22(30-14-20)18-6-4-3-5-7-18/h3-9,14-15,17,19,38H,10-13,29H2,1-2H3/t17-/m1/s1. The number of pyridine rings is 1. The predicted molar refractivity (Wildman–Crippen MR) is 145 cm³/mol. The number of fused-ring (bicyclic) bond motifs is 1. The van der Waals surface area contributed by atoms with Gasteiger partial charge < -0.3 is 20.2 Å². The van der Waals surface area contributed by atoms with Gasteiger partial charge in [0.15, 0.2) is 11.4 Å². The van der Waals surface area contributed by atoms with Crippen molar-refractivity contribution in [2.24, 2.45) is 0 Å². The highest BCUT2D eigenvalue weighted by molar-refractivity contribution is 6.00. The van der Waals surface area contributed by atoms with Crippen molar-refractivity contribution in [3.63, 3.8) is 0 Å². The first-order chi connectivity index (χ1) is 18.9. The number of benzene rings is 1. The number of nitrogen functional groups attached to an aromatic ring is 1. The monoisotopic (exact) mass is 524 g/mol. The van der Waals surface area contributed by atoms with Gasteiger partial charge in [-0.2, -0.15) is 9.61 Å². The molecular weight excluding hydrogens is 496 g/mol. The molecule has 3 N–H and O–H groups in total. The number of aromatic nitrogens is 6. The molecule has 5 aromatic rings. The molecule has 1 fully saturated rings. The van der Waals surface area contributed by atoms with Gasteiger partial charge >= 0.3 is 6.01 Å². The normalized spacial score (nSPS) is 15.1. The second-order valence-electron chi connectivity index (χ2n) is 9.77. The molecule has 0 spiro atoms. The highest BCUT2D eigenvalue weighted by Crippen LogP contribution is 2.36. The van der Waals surface area contributed by atoms with Crippen molar-refractivity contribution < 1.29 is 14.3 Å². The first-order valence-electron chi connectivity index (χ1n) is 12.9. The van der Waals surface area contributed by atoms with Gasteiger partial charge in [0.05, 0.1) is 23.1 Å². The molecule has 39 heavy (non-hydrogen) atoms. The summed E-state index contributed by atoms with van der Waals surface area (Å²) in [6.07, 6.45) is 4.12. The van der Waals surface area contributed by atoms with Crippen molar-refractivity contribution in [3.05, 3.63) is 72.0 Å². The summed E-state index contributed by atoms with van der Waals surface area (Å²) in [7, 11) is 0. The SMILES string of the molecule is CC(=O)c1c(C2CCN(c3nnc([C@@H](C)O)o3)CC2)nc2c(-c3ccc(-c4ccccc4)nc3)cnn2c1N. The van der Waals surface area contributed by atoms with Crippen LogP contribution in [0.1, 0.15) is 60.7 Å². The zero-order valence-electron chi connectivity index (χ0n) is 21.7. The fourth-order valence-electron chi connectivity index (χ4n) is 5.09. The third kappa shape index (κ3) is 4.50. The molecule has 1 aliphatic heterocycles. The summed E-state index contributed by atoms with van der Waals surface area (Å²) in [4.78, 5) is 24.4. The van der Waals surface area contributed by atoms with E-state index in [9.17, 15) is 9.90 Å². The number of aliphatic hydroxyl groups excluding tert-OH is 1. The average Bonchev–Trinajstić information content (AvgIpc) is 3.62. The molecule has 0 saturated carbocycles. The molecule has 11 nitrogen and oxygen atoms in total. The summed E-state index contributed by atoms with van der Waals surface area (Å²) < 4.78 is 7.14. The molecule has 1 aliphatic rings. The van der Waals surface area contributed by atoms with Gasteiger partial charge in [-0.1, -0.05) is 41.5 Å². The Bertz CT molecular complexity index is 1640. The number of hydrogen-bond donors (Lipinski definition) is 2. The molecular formula is C28H28N8O3. The second kappa shape index (κ2) is 9.91. The van der Waals surface area contributed by atoms with Crippen LogP contribution in [0.4, 0.5) is 11.8 Å². The first kappa shape index (κ1) is 24.7. The summed E-state index contributed by atoms with van der Waals surface area (Å²) in [5.74, 6) is 0.325. The number of rotatable bonds is 6. The minimum absolute atomic E-state index is 0.00735. The lowest BCUT2D eigenvalue weighted by atomic mass is 9.89. The van der Waals surface area contributed by atoms with Gasteiger partial charge in [0.25, 0.3) is 0 Å². The average molecular weight is 525 g/mol. The molecule has 1 aromatic carbocycles. The minimum atomic E-state index is -0.824. The third-order valence-electron chi connectivity index (χ3n) is 7.15. The van der Waals surface area contributed by atoms with Gasteiger partial charge in [0.1, 0.15) is 11.9 Å². The van der Waals surface area contributed by atoms with E-state index in [0.29, 0.717) is 48.9 Å². The molecule has 0 radical (unpaired) electrons. The molecule has 198 valence electrons. The van der Waals surface area contributed by atoms with E-state index < -0.39 is 6.10 Å². The number of hydrogen-bond acceptors (Lipinski definition) is 10. The molecule has 1 saturated heterocycles. The lowest BCUT2D eigenvalue weighted by molar-refractivity contribution is 0.101. The number of anilines is 2. The van der Waals surface area contributed by atoms with Gasteiger partial charge in [-0.15, -0.1) is 5.10 Å². The maximum Gasteiger partial charge on any atom is 0.318 e. The fraction of sp³-hybridized carbons (Fsp3) is 0.286. The highest BCUT2D eigenvalue weighted by atomic mass is 16.4. The van der Waals surface area contributed by atoms with E-state index in [4.69, 9.17) is 15.1 Å². The minimum Gasteiger partial charge on any atom is -0.405 e. The summed E-state index contributed by atoms with van der Waals surface area (Å²) in [6, 6.07) is 14.3. The van der Waals surface area contributed by atoms with Gasteiger partial charge in [0, 0.05) is 41.9 Å². The van der Waals surface area contributed by atoms with Gasteiger partial charge in [-0.3, -0.25) is 9.78 Å². The van der Waals surface area contributed by atoms with E-state index >= 15 is 0 Å². The highest BCUT2D eigenvalue weighted by Gasteiger charge is 2.30. The molecule has 0 aliphatic carbocycles. The van der Waals surface area contributed by atoms with Gasteiger partial charge in [-0.05, 0) is 32.8 Å². The number of carbonyl (C=O) groups excluding carboxylic acids is 1. The zero-order chi connectivity index (χ0) is 27.1. The van der Waals surface area contributed by atoms with Crippen LogP contribution in [0.2, 0.25) is 0 Å². The van der Waals surface area contributed by atoms with Crippen LogP contribution in [0.15, 0.2) is 59.3 Å². The van der Waals surface area contributed by atoms with E-state index in [1.54, 1.807) is 19.3 Å². The van der Waals surface area contributed by atoms with Crippen LogP contribution < -0.4 is 10.6 Å². The maximum atomic E-state index is 12.7. The number of carbonyl (C=O) groups is 1. The summed E-state index contributed by atoms with van der Waals surface area (Å²) in [6.45, 7) is 4.35. The molecule has 0 unspecified atom stereocenters. The number of nitrogens with zero attached hydrogens (tertiary/aromatic N) is 7. The van der Waals surface area contributed by atoms with Crippen LogP contribution in [0, 0.1) is 0 Å². The van der Waals surface area contributed by atoms with Gasteiger partial charge in [-0.25, -0.2) is 4.98 Å². The second-order valence-corrected chi connectivity index (χ2v) is 9.77. The predicted octanol–water partition coefficient (Wildman–Crippen LogP) is 4.06. The van der Waals surface area contributed by atoms with Crippen LogP contribution in [0.3, 0.4) is 0 Å². The van der Waals surface area contributed by atoms with E-state index in [2.05, 4.69) is 20.3 Å². The molecule has 6 rings (SSSR count). The van der Waals surface area contributed by atoms with Crippen molar-refractivity contribution in [1.82, 2.24) is 29.8 Å². The van der Waals surface area contributed by atoms with Crippen molar-refractivity contribution in [2.45, 2.75) is 38.7 Å². The Morgan fingerprint density at radius 1 is 1.08 bits per heavy atom. The quantitative estimate of drug-likeness (QED) is 0.311. The maximum absolute atomic E-state index is 12.7. The fourth-order valence-corrected chi connectivity index (χ4v) is 5.09. The number of ketones is 1. The molecule has 0 amide bonds. The Morgan fingerprint density at radius 2 is 1.85 bits per heavy atom. The number of nitrogens with two attached hydrogens (primary N) is 1. The van der Waals surface area contributed by atoms with Crippen LogP contribution in [0.25, 0.3) is 28.0 Å². The molecule has 0 bridgehead atoms. The summed E-state index contributed by atoms with van der Waals surface area (Å²) >= 11 is 0. The number of piperidine rings is 1. The lowest BCUT2D eigenvalue weighted by Gasteiger charge is -2.31. The van der Waals surface area contributed by atoms with Crippen LogP contribution in [0.5, 0.6) is 0 Å². The lowest BCUT2D eigenvalue weighted by Crippen LogP contribution is -2.34. The summed E-state index contributed by atoms with van der Waals surface area (Å²) in [5, 5.41) is 22.1. The largest absolute Gasteiger partial charge is 0.405 e.